The molecule has 0 aliphatic heterocycles. The molecule has 0 aliphatic carbocycles. The lowest BCUT2D eigenvalue weighted by molar-refractivity contribution is 0.104. The van der Waals surface area contributed by atoms with E-state index in [1.54, 1.807) is 12.3 Å². The molecule has 3 rings (SSSR count). The van der Waals surface area contributed by atoms with Crippen molar-refractivity contribution in [3.8, 4) is 0 Å². The minimum Gasteiger partial charge on any atom is -0.323 e. The molecule has 0 bridgehead atoms. The second kappa shape index (κ2) is 12.4. The van der Waals surface area contributed by atoms with Crippen LogP contribution in [0.3, 0.4) is 0 Å². The van der Waals surface area contributed by atoms with E-state index in [0.29, 0.717) is 5.56 Å². The van der Waals surface area contributed by atoms with Gasteiger partial charge in [0.25, 0.3) is 0 Å². The predicted octanol–water partition coefficient (Wildman–Crippen LogP) is 7.39. The average Bonchev–Trinajstić information content (AvgIpc) is 2.82. The van der Waals surface area contributed by atoms with Crippen LogP contribution in [0, 0.1) is 0 Å². The Morgan fingerprint density at radius 2 is 1.55 bits per heavy atom. The van der Waals surface area contributed by atoms with Crippen LogP contribution in [0.5, 0.6) is 0 Å². The Morgan fingerprint density at radius 1 is 0.871 bits per heavy atom. The summed E-state index contributed by atoms with van der Waals surface area (Å²) in [6.07, 6.45) is 14.3. The third-order valence-corrected chi connectivity index (χ3v) is 6.08. The molecule has 0 saturated heterocycles. The molecule has 1 heterocycles. The number of fused-ring (bicyclic) bond motifs is 1. The van der Waals surface area contributed by atoms with Gasteiger partial charge in [0, 0.05) is 23.4 Å². The lowest BCUT2D eigenvalue weighted by atomic mass is 9.96. The Labute approximate surface area is 187 Å². The molecule has 0 saturated carbocycles. The van der Waals surface area contributed by atoms with Crippen LogP contribution in [-0.4, -0.2) is 10.8 Å². The van der Waals surface area contributed by atoms with Gasteiger partial charge in [-0.05, 0) is 29.3 Å². The van der Waals surface area contributed by atoms with Crippen molar-refractivity contribution in [1.82, 2.24) is 4.98 Å². The monoisotopic (exact) mass is 416 g/mol. The van der Waals surface area contributed by atoms with Gasteiger partial charge in [-0.1, -0.05) is 107 Å². The van der Waals surface area contributed by atoms with E-state index in [9.17, 15) is 4.79 Å². The van der Waals surface area contributed by atoms with Crippen molar-refractivity contribution < 1.29 is 4.79 Å². The lowest BCUT2D eigenvalue weighted by Gasteiger charge is -2.12. The van der Waals surface area contributed by atoms with Gasteiger partial charge in [0.15, 0.2) is 5.78 Å². The highest BCUT2D eigenvalue weighted by Gasteiger charge is 2.15. The number of unbranched alkanes of at least 4 members (excludes halogenated alkanes) is 8. The molecule has 164 valence electrons. The smallest absolute Gasteiger partial charge is 0.193 e. The zero-order valence-electron chi connectivity index (χ0n) is 18.9. The van der Waals surface area contributed by atoms with Gasteiger partial charge in [0.1, 0.15) is 0 Å². The van der Waals surface area contributed by atoms with Crippen LogP contribution in [0.4, 0.5) is 0 Å². The number of carbonyl (C=O) groups is 1. The van der Waals surface area contributed by atoms with Gasteiger partial charge < -0.3 is 5.73 Å². The Bertz CT molecular complexity index is 961. The fourth-order valence-corrected chi connectivity index (χ4v) is 4.19. The first-order valence-electron chi connectivity index (χ1n) is 11.9. The third kappa shape index (κ3) is 6.73. The summed E-state index contributed by atoms with van der Waals surface area (Å²) >= 11 is 0. The van der Waals surface area contributed by atoms with E-state index in [1.165, 1.54) is 51.4 Å². The molecule has 0 aliphatic rings. The quantitative estimate of drug-likeness (QED) is 0.233. The number of nitrogens with zero attached hydrogens (tertiary/aromatic N) is 1. The fourth-order valence-electron chi connectivity index (χ4n) is 4.19. The molecule has 2 N–H and O–H groups in total. The maximum Gasteiger partial charge on any atom is 0.193 e. The minimum absolute atomic E-state index is 0.0238. The van der Waals surface area contributed by atoms with Crippen LogP contribution in [-0.2, 0) is 0 Å². The van der Waals surface area contributed by atoms with Gasteiger partial charge in [-0.15, -0.1) is 0 Å². The van der Waals surface area contributed by atoms with Gasteiger partial charge in [0.05, 0.1) is 5.69 Å². The van der Waals surface area contributed by atoms with Crippen molar-refractivity contribution in [3.05, 3.63) is 77.6 Å². The van der Waals surface area contributed by atoms with Gasteiger partial charge in [-0.2, -0.15) is 0 Å². The van der Waals surface area contributed by atoms with Crippen LogP contribution < -0.4 is 5.73 Å². The summed E-state index contributed by atoms with van der Waals surface area (Å²) in [5.74, 6) is 0.0238. The van der Waals surface area contributed by atoms with Crippen molar-refractivity contribution in [2.75, 3.05) is 0 Å². The number of hydrogen-bond acceptors (Lipinski definition) is 3. The van der Waals surface area contributed by atoms with E-state index >= 15 is 0 Å². The zero-order valence-corrected chi connectivity index (χ0v) is 18.9. The summed E-state index contributed by atoms with van der Waals surface area (Å²) in [7, 11) is 0. The summed E-state index contributed by atoms with van der Waals surface area (Å²) in [4.78, 5) is 17.7. The Kier molecular flexibility index (Phi) is 9.23. The molecule has 3 nitrogen and oxygen atoms in total. The first-order valence-corrected chi connectivity index (χ1v) is 11.9. The zero-order chi connectivity index (χ0) is 21.9. The summed E-state index contributed by atoms with van der Waals surface area (Å²) in [6, 6.07) is 17.4. The molecule has 0 amide bonds. The molecule has 1 aromatic heterocycles. The first kappa shape index (κ1) is 23.1. The van der Waals surface area contributed by atoms with Crippen LogP contribution in [0.1, 0.15) is 98.8 Å². The number of nitrogens with two attached hydrogens (primary N) is 1. The third-order valence-electron chi connectivity index (χ3n) is 6.08. The van der Waals surface area contributed by atoms with E-state index in [2.05, 4.69) is 11.9 Å². The highest BCUT2D eigenvalue weighted by Crippen LogP contribution is 2.23. The average molecular weight is 417 g/mol. The van der Waals surface area contributed by atoms with Crippen molar-refractivity contribution in [3.63, 3.8) is 0 Å². The summed E-state index contributed by atoms with van der Waals surface area (Å²) in [6.45, 7) is 2.26. The molecule has 0 radical (unpaired) electrons. The number of aromatic nitrogens is 1. The number of carbonyl (C=O) groups excluding carboxylic acids is 1. The number of ketones is 1. The van der Waals surface area contributed by atoms with Gasteiger partial charge in [-0.3, -0.25) is 9.78 Å². The lowest BCUT2D eigenvalue weighted by Crippen LogP contribution is -2.13. The van der Waals surface area contributed by atoms with E-state index in [0.717, 1.165) is 34.9 Å². The maximum absolute atomic E-state index is 13.2. The molecule has 3 heteroatoms. The summed E-state index contributed by atoms with van der Waals surface area (Å²) in [5.41, 5.74) is 8.61. The van der Waals surface area contributed by atoms with Crippen LogP contribution in [0.2, 0.25) is 0 Å². The maximum atomic E-state index is 13.2. The largest absolute Gasteiger partial charge is 0.323 e. The second-order valence-corrected chi connectivity index (χ2v) is 8.55. The summed E-state index contributed by atoms with van der Waals surface area (Å²) in [5, 5.41) is 2.05. The van der Waals surface area contributed by atoms with E-state index in [4.69, 9.17) is 5.73 Å². The van der Waals surface area contributed by atoms with Crippen LogP contribution in [0.15, 0.2) is 60.8 Å². The highest BCUT2D eigenvalue weighted by atomic mass is 16.1. The normalized spacial score (nSPS) is 12.2. The molecular formula is C28H36N2O. The van der Waals surface area contributed by atoms with E-state index < -0.39 is 0 Å². The van der Waals surface area contributed by atoms with Gasteiger partial charge >= 0.3 is 0 Å². The topological polar surface area (TPSA) is 56.0 Å². The molecule has 1 unspecified atom stereocenters. The van der Waals surface area contributed by atoms with Gasteiger partial charge in [0.2, 0.25) is 0 Å². The van der Waals surface area contributed by atoms with Crippen molar-refractivity contribution in [1.29, 1.82) is 0 Å². The highest BCUT2D eigenvalue weighted by molar-refractivity contribution is 6.16. The molecule has 2 aromatic carbocycles. The molecule has 31 heavy (non-hydrogen) atoms. The molecule has 1 atom stereocenters. The SMILES string of the molecule is CCCCCCCCCCCC(N)c1cc(C(=O)c2cccc3ccccc23)ccn1. The van der Waals surface area contributed by atoms with E-state index in [-0.39, 0.29) is 11.8 Å². The van der Waals surface area contributed by atoms with E-state index in [1.807, 2.05) is 48.5 Å². The number of hydrogen-bond donors (Lipinski definition) is 1. The number of pyridine rings is 1. The Hall–Kier alpha value is -2.52. The molecule has 0 fully saturated rings. The van der Waals surface area contributed by atoms with Crippen molar-refractivity contribution >= 4 is 16.6 Å². The second-order valence-electron chi connectivity index (χ2n) is 8.55. The molecular weight excluding hydrogens is 380 g/mol. The standard InChI is InChI=1S/C28H36N2O/c1-2-3-4-5-6-7-8-9-10-18-26(29)27-21-23(19-20-30-27)28(31)25-17-13-15-22-14-11-12-16-24(22)25/h11-17,19-21,26H,2-10,18,29H2,1H3. The van der Waals surface area contributed by atoms with Gasteiger partial charge in [-0.25, -0.2) is 0 Å². The molecule has 3 aromatic rings. The predicted molar refractivity (Wildman–Crippen MR) is 130 cm³/mol. The summed E-state index contributed by atoms with van der Waals surface area (Å²) < 4.78 is 0. The van der Waals surface area contributed by atoms with Crippen LogP contribution in [0.25, 0.3) is 10.8 Å². The number of benzene rings is 2. The number of rotatable bonds is 13. The van der Waals surface area contributed by atoms with Crippen molar-refractivity contribution in [2.45, 2.75) is 77.2 Å². The Morgan fingerprint density at radius 3 is 2.32 bits per heavy atom. The van der Waals surface area contributed by atoms with Crippen LogP contribution >= 0.6 is 0 Å². The molecule has 0 spiro atoms. The first-order chi connectivity index (χ1) is 15.2. The van der Waals surface area contributed by atoms with Crippen molar-refractivity contribution in [2.24, 2.45) is 5.73 Å². The minimum atomic E-state index is -0.121. The fraction of sp³-hybridized carbons (Fsp3) is 0.429. The Balaban J connectivity index is 1.53.